The molecule has 0 aromatic heterocycles. The van der Waals surface area contributed by atoms with Gasteiger partial charge in [-0.1, -0.05) is 12.1 Å². The Bertz CT molecular complexity index is 271. The molecule has 0 amide bonds. The standard InChI is InChI=1S/C8H7ClO2S/c9-8(10)11-7-3-1-6(5-12)2-4-7/h1-4,12H,5H2. The van der Waals surface area contributed by atoms with Crippen LogP contribution in [0.1, 0.15) is 5.56 Å². The molecule has 0 fully saturated rings. The van der Waals surface area contributed by atoms with E-state index in [1.165, 1.54) is 0 Å². The Kier molecular flexibility index (Phi) is 3.44. The molecule has 0 N–H and O–H groups in total. The van der Waals surface area contributed by atoms with Crippen molar-refractivity contribution in [2.24, 2.45) is 0 Å². The van der Waals surface area contributed by atoms with Gasteiger partial charge in [0, 0.05) is 17.4 Å². The number of carbonyl (C=O) groups excluding carboxylic acids is 1. The molecule has 0 aliphatic heterocycles. The predicted octanol–water partition coefficient (Wildman–Crippen LogP) is 2.85. The number of benzene rings is 1. The van der Waals surface area contributed by atoms with E-state index >= 15 is 0 Å². The Balaban J connectivity index is 2.71. The second-order valence-corrected chi connectivity index (χ2v) is 2.77. The number of halogens is 1. The molecule has 0 radical (unpaired) electrons. The molecular formula is C8H7ClO2S. The highest BCUT2D eigenvalue weighted by atomic mass is 35.5. The van der Waals surface area contributed by atoms with Gasteiger partial charge in [0.25, 0.3) is 0 Å². The van der Waals surface area contributed by atoms with Crippen LogP contribution in [0.15, 0.2) is 24.3 Å². The molecule has 0 aliphatic rings. The fourth-order valence-corrected chi connectivity index (χ4v) is 1.06. The maximum atomic E-state index is 10.3. The summed E-state index contributed by atoms with van der Waals surface area (Å²) in [6, 6.07) is 6.99. The van der Waals surface area contributed by atoms with E-state index in [9.17, 15) is 4.79 Å². The van der Waals surface area contributed by atoms with Gasteiger partial charge < -0.3 is 4.74 Å². The van der Waals surface area contributed by atoms with E-state index in [0.29, 0.717) is 11.5 Å². The van der Waals surface area contributed by atoms with Crippen LogP contribution in [0.5, 0.6) is 5.75 Å². The van der Waals surface area contributed by atoms with Crippen LogP contribution in [-0.4, -0.2) is 5.43 Å². The maximum absolute atomic E-state index is 10.3. The van der Waals surface area contributed by atoms with Crippen molar-refractivity contribution in [3.63, 3.8) is 0 Å². The largest absolute Gasteiger partial charge is 0.415 e. The first kappa shape index (κ1) is 9.42. The van der Waals surface area contributed by atoms with Crippen molar-refractivity contribution in [2.45, 2.75) is 5.75 Å². The summed E-state index contributed by atoms with van der Waals surface area (Å²) >= 11 is 9.09. The summed E-state index contributed by atoms with van der Waals surface area (Å²) in [5.41, 5.74) is 0.237. The Labute approximate surface area is 80.9 Å². The number of ether oxygens (including phenoxy) is 1. The molecular weight excluding hydrogens is 196 g/mol. The van der Waals surface area contributed by atoms with Gasteiger partial charge in [0.1, 0.15) is 5.75 Å². The second-order valence-electron chi connectivity index (χ2n) is 2.14. The van der Waals surface area contributed by atoms with E-state index in [-0.39, 0.29) is 0 Å². The van der Waals surface area contributed by atoms with Crippen LogP contribution >= 0.6 is 24.2 Å². The number of hydrogen-bond acceptors (Lipinski definition) is 3. The molecule has 1 aromatic carbocycles. The van der Waals surface area contributed by atoms with Gasteiger partial charge in [-0.2, -0.15) is 12.6 Å². The zero-order valence-corrected chi connectivity index (χ0v) is 7.81. The van der Waals surface area contributed by atoms with Gasteiger partial charge in [-0.15, -0.1) is 0 Å². The number of hydrogen-bond donors (Lipinski definition) is 1. The Morgan fingerprint density at radius 1 is 1.42 bits per heavy atom. The van der Waals surface area contributed by atoms with Crippen LogP contribution in [0.3, 0.4) is 0 Å². The molecule has 64 valence electrons. The summed E-state index contributed by atoms with van der Waals surface area (Å²) in [6.07, 6.45) is 0. The quantitative estimate of drug-likeness (QED) is 0.590. The minimum absolute atomic E-state index is 0.445. The normalized spacial score (nSPS) is 9.50. The maximum Gasteiger partial charge on any atom is 0.409 e. The lowest BCUT2D eigenvalue weighted by Gasteiger charge is -1.99. The van der Waals surface area contributed by atoms with E-state index in [1.807, 2.05) is 12.1 Å². The molecule has 0 saturated heterocycles. The van der Waals surface area contributed by atoms with Crippen molar-refractivity contribution in [3.8, 4) is 5.75 Å². The van der Waals surface area contributed by atoms with Crippen molar-refractivity contribution in [1.29, 1.82) is 0 Å². The minimum Gasteiger partial charge on any atom is -0.415 e. The molecule has 0 aliphatic carbocycles. The first-order valence-electron chi connectivity index (χ1n) is 3.29. The molecule has 0 atom stereocenters. The van der Waals surface area contributed by atoms with Gasteiger partial charge in [0.05, 0.1) is 0 Å². The highest BCUT2D eigenvalue weighted by molar-refractivity contribution is 7.79. The summed E-state index contributed by atoms with van der Waals surface area (Å²) in [6.45, 7) is 0. The van der Waals surface area contributed by atoms with Crippen LogP contribution in [0.4, 0.5) is 4.79 Å². The first-order chi connectivity index (χ1) is 5.72. The zero-order chi connectivity index (χ0) is 8.97. The monoisotopic (exact) mass is 202 g/mol. The van der Waals surface area contributed by atoms with Crippen molar-refractivity contribution in [1.82, 2.24) is 0 Å². The summed E-state index contributed by atoms with van der Waals surface area (Å²) in [4.78, 5) is 10.3. The lowest BCUT2D eigenvalue weighted by Crippen LogP contribution is -1.95. The first-order valence-corrected chi connectivity index (χ1v) is 4.30. The smallest absolute Gasteiger partial charge is 0.409 e. The number of rotatable bonds is 2. The highest BCUT2D eigenvalue weighted by Crippen LogP contribution is 2.14. The summed E-state index contributed by atoms with van der Waals surface area (Å²) < 4.78 is 4.62. The van der Waals surface area contributed by atoms with E-state index < -0.39 is 5.43 Å². The van der Waals surface area contributed by atoms with E-state index in [0.717, 1.165) is 5.56 Å². The fourth-order valence-electron chi connectivity index (χ4n) is 0.756. The minimum atomic E-state index is -0.825. The fraction of sp³-hybridized carbons (Fsp3) is 0.125. The van der Waals surface area contributed by atoms with Crippen LogP contribution in [-0.2, 0) is 5.75 Å². The van der Waals surface area contributed by atoms with E-state index in [2.05, 4.69) is 17.4 Å². The topological polar surface area (TPSA) is 26.3 Å². The number of carbonyl (C=O) groups is 1. The SMILES string of the molecule is O=C(Cl)Oc1ccc(CS)cc1. The number of thiol groups is 1. The van der Waals surface area contributed by atoms with Crippen molar-refractivity contribution >= 4 is 29.7 Å². The van der Waals surface area contributed by atoms with E-state index in [4.69, 9.17) is 11.6 Å². The molecule has 0 unspecified atom stereocenters. The van der Waals surface area contributed by atoms with Crippen LogP contribution in [0.25, 0.3) is 0 Å². The molecule has 12 heavy (non-hydrogen) atoms. The van der Waals surface area contributed by atoms with Crippen molar-refractivity contribution in [2.75, 3.05) is 0 Å². The summed E-state index contributed by atoms with van der Waals surface area (Å²) in [5, 5.41) is 0. The molecule has 0 bridgehead atoms. The third kappa shape index (κ3) is 2.75. The highest BCUT2D eigenvalue weighted by Gasteiger charge is 1.98. The molecule has 1 aromatic rings. The Hall–Kier alpha value is -0.670. The predicted molar refractivity (Wildman–Crippen MR) is 51.0 cm³/mol. The molecule has 0 spiro atoms. The van der Waals surface area contributed by atoms with Gasteiger partial charge in [0.2, 0.25) is 0 Å². The zero-order valence-electron chi connectivity index (χ0n) is 6.16. The molecule has 0 heterocycles. The van der Waals surface area contributed by atoms with E-state index in [1.54, 1.807) is 12.1 Å². The molecule has 4 heteroatoms. The van der Waals surface area contributed by atoms with Crippen molar-refractivity contribution in [3.05, 3.63) is 29.8 Å². The van der Waals surface area contributed by atoms with Crippen molar-refractivity contribution < 1.29 is 9.53 Å². The molecule has 2 nitrogen and oxygen atoms in total. The Morgan fingerprint density at radius 2 is 2.00 bits per heavy atom. The van der Waals surface area contributed by atoms with Crippen LogP contribution < -0.4 is 4.74 Å². The average Bonchev–Trinajstić information content (AvgIpc) is 2.05. The van der Waals surface area contributed by atoms with Gasteiger partial charge in [-0.25, -0.2) is 4.79 Å². The second kappa shape index (κ2) is 4.38. The lowest BCUT2D eigenvalue weighted by atomic mass is 10.2. The summed E-state index contributed by atoms with van der Waals surface area (Å²) in [7, 11) is 0. The van der Waals surface area contributed by atoms with Crippen LogP contribution in [0.2, 0.25) is 0 Å². The van der Waals surface area contributed by atoms with Gasteiger partial charge >= 0.3 is 5.43 Å². The lowest BCUT2D eigenvalue weighted by molar-refractivity contribution is 0.225. The summed E-state index contributed by atoms with van der Waals surface area (Å²) in [5.74, 6) is 1.11. The molecule has 1 rings (SSSR count). The third-order valence-electron chi connectivity index (χ3n) is 1.30. The molecule has 0 saturated carbocycles. The van der Waals surface area contributed by atoms with Gasteiger partial charge in [-0.05, 0) is 17.7 Å². The third-order valence-corrected chi connectivity index (χ3v) is 1.75. The van der Waals surface area contributed by atoms with Gasteiger partial charge in [0.15, 0.2) is 0 Å². The van der Waals surface area contributed by atoms with Crippen LogP contribution in [0, 0.1) is 0 Å². The van der Waals surface area contributed by atoms with Gasteiger partial charge in [-0.3, -0.25) is 0 Å². The Morgan fingerprint density at radius 3 is 2.42 bits per heavy atom. The average molecular weight is 203 g/mol.